The SMILES string of the molecule is CCOC(=O)C(Cc1cccc(OC(F)(F)C(F)F)c1)C(=O)c1ccc(Cl)s1. The predicted molar refractivity (Wildman–Crippen MR) is 95.5 cm³/mol. The molecule has 2 rings (SSSR count). The summed E-state index contributed by atoms with van der Waals surface area (Å²) in [6.07, 6.45) is -8.86. The maximum Gasteiger partial charge on any atom is 0.461 e. The number of thiophene rings is 1. The van der Waals surface area contributed by atoms with Crippen molar-refractivity contribution in [1.29, 1.82) is 0 Å². The first-order valence-corrected chi connectivity index (χ1v) is 9.23. The van der Waals surface area contributed by atoms with Gasteiger partial charge in [0.05, 0.1) is 15.8 Å². The van der Waals surface area contributed by atoms with Gasteiger partial charge in [-0.05, 0) is 43.2 Å². The van der Waals surface area contributed by atoms with Gasteiger partial charge in [0.15, 0.2) is 5.78 Å². The topological polar surface area (TPSA) is 52.6 Å². The molecule has 0 radical (unpaired) electrons. The zero-order chi connectivity index (χ0) is 20.9. The third-order valence-electron chi connectivity index (χ3n) is 3.55. The van der Waals surface area contributed by atoms with E-state index in [9.17, 15) is 27.2 Å². The quantitative estimate of drug-likeness (QED) is 0.232. The van der Waals surface area contributed by atoms with Crippen LogP contribution >= 0.6 is 22.9 Å². The number of carbonyl (C=O) groups excluding carboxylic acids is 2. The summed E-state index contributed by atoms with van der Waals surface area (Å²) < 4.78 is 60.1. The number of benzene rings is 1. The molecule has 1 heterocycles. The smallest absolute Gasteiger partial charge is 0.461 e. The molecule has 0 amide bonds. The van der Waals surface area contributed by atoms with Gasteiger partial charge >= 0.3 is 18.5 Å². The van der Waals surface area contributed by atoms with Gasteiger partial charge in [0, 0.05) is 0 Å². The van der Waals surface area contributed by atoms with E-state index in [0.717, 1.165) is 23.5 Å². The Kier molecular flexibility index (Phi) is 7.42. The van der Waals surface area contributed by atoms with E-state index in [2.05, 4.69) is 4.74 Å². The normalized spacial score (nSPS) is 12.7. The van der Waals surface area contributed by atoms with Crippen LogP contribution < -0.4 is 4.74 Å². The average Bonchev–Trinajstić information content (AvgIpc) is 3.05. The molecule has 0 aliphatic carbocycles. The Balaban J connectivity index is 2.25. The van der Waals surface area contributed by atoms with Crippen molar-refractivity contribution in [3.8, 4) is 5.75 Å². The number of ketones is 1. The third-order valence-corrected chi connectivity index (χ3v) is 4.80. The van der Waals surface area contributed by atoms with E-state index in [-0.39, 0.29) is 23.5 Å². The number of carbonyl (C=O) groups is 2. The molecule has 4 nitrogen and oxygen atoms in total. The van der Waals surface area contributed by atoms with Gasteiger partial charge in [-0.2, -0.15) is 17.6 Å². The van der Waals surface area contributed by atoms with Gasteiger partial charge in [0.1, 0.15) is 11.7 Å². The second-order valence-corrected chi connectivity index (χ2v) is 7.30. The van der Waals surface area contributed by atoms with Crippen LogP contribution in [-0.4, -0.2) is 30.9 Å². The van der Waals surface area contributed by atoms with Crippen LogP contribution in [0.4, 0.5) is 17.6 Å². The lowest BCUT2D eigenvalue weighted by atomic mass is 9.94. The van der Waals surface area contributed by atoms with Gasteiger partial charge < -0.3 is 9.47 Å². The molecule has 0 saturated carbocycles. The summed E-state index contributed by atoms with van der Waals surface area (Å²) >= 11 is 6.80. The van der Waals surface area contributed by atoms with Crippen LogP contribution in [0, 0.1) is 5.92 Å². The number of esters is 1. The minimum atomic E-state index is -4.66. The van der Waals surface area contributed by atoms with E-state index >= 15 is 0 Å². The van der Waals surface area contributed by atoms with Gasteiger partial charge in [-0.15, -0.1) is 11.3 Å². The van der Waals surface area contributed by atoms with Crippen molar-refractivity contribution in [3.63, 3.8) is 0 Å². The molecule has 0 bridgehead atoms. The average molecular weight is 439 g/mol. The Morgan fingerprint density at radius 2 is 1.93 bits per heavy atom. The number of hydrogen-bond donors (Lipinski definition) is 0. The molecule has 0 spiro atoms. The highest BCUT2D eigenvalue weighted by Crippen LogP contribution is 2.30. The van der Waals surface area contributed by atoms with E-state index in [1.54, 1.807) is 6.92 Å². The number of ether oxygens (including phenoxy) is 2. The van der Waals surface area contributed by atoms with Gasteiger partial charge in [-0.1, -0.05) is 23.7 Å². The van der Waals surface area contributed by atoms with Gasteiger partial charge in [0.25, 0.3) is 0 Å². The van der Waals surface area contributed by atoms with Gasteiger partial charge in [-0.3, -0.25) is 9.59 Å². The molecule has 0 fully saturated rings. The minimum Gasteiger partial charge on any atom is -0.465 e. The molecule has 0 aliphatic heterocycles. The number of hydrogen-bond acceptors (Lipinski definition) is 5. The summed E-state index contributed by atoms with van der Waals surface area (Å²) in [5.41, 5.74) is 0.261. The predicted octanol–water partition coefficient (Wildman–Crippen LogP) is 5.24. The standard InChI is InChI=1S/C18H15ClF4O4S/c1-2-26-16(25)12(15(24)13-6-7-14(19)28-13)9-10-4-3-5-11(8-10)27-18(22,23)17(20)21/h3-8,12,17H,2,9H2,1H3. The lowest BCUT2D eigenvalue weighted by molar-refractivity contribution is -0.253. The fourth-order valence-corrected chi connectivity index (χ4v) is 3.36. The third kappa shape index (κ3) is 5.68. The largest absolute Gasteiger partial charge is 0.465 e. The first-order chi connectivity index (χ1) is 13.1. The Bertz CT molecular complexity index is 840. The Labute approximate surface area is 167 Å². The number of halogens is 5. The molecule has 1 aromatic carbocycles. The van der Waals surface area contributed by atoms with Crippen LogP contribution in [0.5, 0.6) is 5.75 Å². The molecular weight excluding hydrogens is 424 g/mol. The molecule has 0 aliphatic rings. The van der Waals surface area contributed by atoms with Crippen LogP contribution in [0.1, 0.15) is 22.2 Å². The summed E-state index contributed by atoms with van der Waals surface area (Å²) in [6, 6.07) is 7.85. The fourth-order valence-electron chi connectivity index (χ4n) is 2.32. The molecule has 0 N–H and O–H groups in total. The fraction of sp³-hybridized carbons (Fsp3) is 0.333. The van der Waals surface area contributed by atoms with Crippen LogP contribution in [0.3, 0.4) is 0 Å². The first-order valence-electron chi connectivity index (χ1n) is 8.04. The maximum atomic E-state index is 13.1. The highest BCUT2D eigenvalue weighted by molar-refractivity contribution is 7.18. The Morgan fingerprint density at radius 3 is 2.50 bits per heavy atom. The molecule has 2 aromatic rings. The van der Waals surface area contributed by atoms with Crippen LogP contribution in [0.15, 0.2) is 36.4 Å². The molecule has 28 heavy (non-hydrogen) atoms. The lowest BCUT2D eigenvalue weighted by Gasteiger charge is -2.18. The van der Waals surface area contributed by atoms with Crippen molar-refractivity contribution in [2.75, 3.05) is 6.61 Å². The zero-order valence-electron chi connectivity index (χ0n) is 14.5. The van der Waals surface area contributed by atoms with E-state index in [0.29, 0.717) is 4.34 Å². The Hall–Kier alpha value is -2.13. The van der Waals surface area contributed by atoms with Crippen molar-refractivity contribution in [2.45, 2.75) is 25.9 Å². The molecule has 1 aromatic heterocycles. The second kappa shape index (κ2) is 9.38. The zero-order valence-corrected chi connectivity index (χ0v) is 16.0. The number of rotatable bonds is 9. The van der Waals surface area contributed by atoms with Crippen molar-refractivity contribution < 1.29 is 36.6 Å². The van der Waals surface area contributed by atoms with E-state index in [4.69, 9.17) is 16.3 Å². The molecule has 1 unspecified atom stereocenters. The van der Waals surface area contributed by atoms with Crippen LogP contribution in [0.2, 0.25) is 4.34 Å². The van der Waals surface area contributed by atoms with Gasteiger partial charge in [-0.25, -0.2) is 0 Å². The summed E-state index contributed by atoms with van der Waals surface area (Å²) in [4.78, 5) is 25.2. The van der Waals surface area contributed by atoms with Crippen molar-refractivity contribution >= 4 is 34.7 Å². The van der Waals surface area contributed by atoms with Crippen molar-refractivity contribution in [3.05, 3.63) is 51.2 Å². The summed E-state index contributed by atoms with van der Waals surface area (Å²) in [5, 5.41) is 0. The van der Waals surface area contributed by atoms with Crippen LogP contribution in [0.25, 0.3) is 0 Å². The Morgan fingerprint density at radius 1 is 1.21 bits per heavy atom. The van der Waals surface area contributed by atoms with Gasteiger partial charge in [0.2, 0.25) is 0 Å². The van der Waals surface area contributed by atoms with Crippen molar-refractivity contribution in [2.24, 2.45) is 5.92 Å². The summed E-state index contributed by atoms with van der Waals surface area (Å²) in [7, 11) is 0. The van der Waals surface area contributed by atoms with E-state index in [1.807, 2.05) is 0 Å². The number of alkyl halides is 4. The minimum absolute atomic E-state index is 0.0393. The summed E-state index contributed by atoms with van der Waals surface area (Å²) in [5.74, 6) is -3.10. The number of Topliss-reactive ketones (excluding diaryl/α,β-unsaturated/α-hetero) is 1. The first kappa shape index (κ1) is 22.2. The summed E-state index contributed by atoms with van der Waals surface area (Å²) in [6.45, 7) is 1.61. The molecule has 10 heteroatoms. The maximum absolute atomic E-state index is 13.1. The second-order valence-electron chi connectivity index (χ2n) is 5.59. The van der Waals surface area contributed by atoms with E-state index in [1.165, 1.54) is 24.3 Å². The molecular formula is C18H15ClF4O4S. The highest BCUT2D eigenvalue weighted by Gasteiger charge is 2.44. The molecule has 152 valence electrons. The molecule has 1 atom stereocenters. The molecule has 0 saturated heterocycles. The van der Waals surface area contributed by atoms with Crippen molar-refractivity contribution in [1.82, 2.24) is 0 Å². The lowest BCUT2D eigenvalue weighted by Crippen LogP contribution is -2.33. The van der Waals surface area contributed by atoms with Crippen LogP contribution in [-0.2, 0) is 16.0 Å². The highest BCUT2D eigenvalue weighted by atomic mass is 35.5. The monoisotopic (exact) mass is 438 g/mol. The van der Waals surface area contributed by atoms with E-state index < -0.39 is 36.0 Å².